The van der Waals surface area contributed by atoms with Crippen molar-refractivity contribution in [2.24, 2.45) is 5.73 Å². The summed E-state index contributed by atoms with van der Waals surface area (Å²) in [6.45, 7) is 3.07. The molecule has 1 amide bonds. The lowest BCUT2D eigenvalue weighted by Gasteiger charge is -2.21. The first-order valence-electron chi connectivity index (χ1n) is 8.23. The van der Waals surface area contributed by atoms with E-state index in [2.05, 4.69) is 6.92 Å². The highest BCUT2D eigenvalue weighted by Gasteiger charge is 2.32. The van der Waals surface area contributed by atoms with Crippen LogP contribution in [0, 0.1) is 0 Å². The lowest BCUT2D eigenvalue weighted by Crippen LogP contribution is -2.36. The van der Waals surface area contributed by atoms with E-state index in [-0.39, 0.29) is 30.5 Å². The van der Waals surface area contributed by atoms with E-state index < -0.39 is 0 Å². The Hall–Kier alpha value is -1.56. The van der Waals surface area contributed by atoms with Gasteiger partial charge in [-0.2, -0.15) is 0 Å². The maximum atomic E-state index is 12.6. The van der Waals surface area contributed by atoms with Gasteiger partial charge in [-0.25, -0.2) is 0 Å². The highest BCUT2D eigenvalue weighted by Crippen LogP contribution is 2.28. The average molecular weight is 353 g/mol. The maximum absolute atomic E-state index is 12.6. The van der Waals surface area contributed by atoms with Gasteiger partial charge in [-0.1, -0.05) is 25.1 Å². The molecule has 1 aliphatic heterocycles. The summed E-state index contributed by atoms with van der Waals surface area (Å²) in [6.07, 6.45) is 2.06. The van der Waals surface area contributed by atoms with Crippen LogP contribution in [0.4, 0.5) is 0 Å². The molecular formula is C18H25ClN2O3. The Kier molecular flexibility index (Phi) is 6.27. The summed E-state index contributed by atoms with van der Waals surface area (Å²) in [6, 6.07) is 7.96. The van der Waals surface area contributed by atoms with E-state index in [1.165, 1.54) is 0 Å². The second-order valence-electron chi connectivity index (χ2n) is 6.11. The lowest BCUT2D eigenvalue weighted by molar-refractivity contribution is -0.141. The number of carbonyl (C=O) groups excluding carboxylic acids is 1. The first-order chi connectivity index (χ1) is 11.1. The number of hydrogen-bond donors (Lipinski definition) is 1. The van der Waals surface area contributed by atoms with Crippen molar-refractivity contribution in [2.75, 3.05) is 13.6 Å². The molecule has 1 saturated heterocycles. The zero-order valence-corrected chi connectivity index (χ0v) is 15.0. The van der Waals surface area contributed by atoms with Crippen molar-refractivity contribution in [3.05, 3.63) is 35.6 Å². The number of hydrogen-bond acceptors (Lipinski definition) is 4. The normalized spacial score (nSPS) is 20.1. The molecule has 0 bridgehead atoms. The third-order valence-corrected chi connectivity index (χ3v) is 4.52. The van der Waals surface area contributed by atoms with Crippen LogP contribution in [0.3, 0.4) is 0 Å². The Labute approximate surface area is 148 Å². The molecule has 0 aliphatic carbocycles. The summed E-state index contributed by atoms with van der Waals surface area (Å²) in [5.41, 5.74) is 7.59. The van der Waals surface area contributed by atoms with Gasteiger partial charge in [0.1, 0.15) is 17.4 Å². The molecule has 2 aromatic rings. The Balaban J connectivity index is 0.00000208. The van der Waals surface area contributed by atoms with Gasteiger partial charge in [0, 0.05) is 37.5 Å². The van der Waals surface area contributed by atoms with Crippen LogP contribution in [0.2, 0.25) is 0 Å². The van der Waals surface area contributed by atoms with E-state index in [0.29, 0.717) is 13.1 Å². The molecule has 2 atom stereocenters. The molecule has 2 N–H and O–H groups in total. The van der Waals surface area contributed by atoms with Crippen molar-refractivity contribution in [3.8, 4) is 0 Å². The van der Waals surface area contributed by atoms with Gasteiger partial charge in [0.05, 0.1) is 6.10 Å². The van der Waals surface area contributed by atoms with Crippen molar-refractivity contribution in [1.29, 1.82) is 0 Å². The van der Waals surface area contributed by atoms with Gasteiger partial charge in [0.15, 0.2) is 0 Å². The van der Waals surface area contributed by atoms with E-state index >= 15 is 0 Å². The maximum Gasteiger partial charge on any atom is 0.251 e. The lowest BCUT2D eigenvalue weighted by atomic mass is 10.1. The van der Waals surface area contributed by atoms with Crippen LogP contribution in [0.1, 0.15) is 31.1 Å². The van der Waals surface area contributed by atoms with Gasteiger partial charge >= 0.3 is 0 Å². The Morgan fingerprint density at radius 3 is 2.75 bits per heavy atom. The molecule has 2 heterocycles. The topological polar surface area (TPSA) is 68.7 Å². The van der Waals surface area contributed by atoms with Gasteiger partial charge in [0.2, 0.25) is 0 Å². The number of furan rings is 1. The molecule has 0 unspecified atom stereocenters. The predicted molar refractivity (Wildman–Crippen MR) is 96.3 cm³/mol. The van der Waals surface area contributed by atoms with E-state index in [4.69, 9.17) is 14.9 Å². The molecule has 1 aliphatic rings. The second kappa shape index (κ2) is 8.01. The fourth-order valence-corrected chi connectivity index (χ4v) is 3.23. The number of nitrogens with zero attached hydrogens (tertiary/aromatic N) is 1. The number of carbonyl (C=O) groups is 1. The summed E-state index contributed by atoms with van der Waals surface area (Å²) in [4.78, 5) is 14.3. The van der Waals surface area contributed by atoms with Gasteiger partial charge in [0.25, 0.3) is 5.91 Å². The van der Waals surface area contributed by atoms with Crippen LogP contribution in [0.15, 0.2) is 28.7 Å². The molecule has 0 saturated carbocycles. The number of benzene rings is 1. The van der Waals surface area contributed by atoms with E-state index in [0.717, 1.165) is 41.6 Å². The molecule has 132 valence electrons. The number of aryl methyl sites for hydroxylation is 1. The van der Waals surface area contributed by atoms with Crippen LogP contribution in [0.5, 0.6) is 0 Å². The summed E-state index contributed by atoms with van der Waals surface area (Å²) in [5, 5.41) is 1.08. The SMILES string of the molecule is CCc1oc2ccccc2c1CN(C)C(=O)[C@@H]1CC[C@H](CN)O1.Cl. The fourth-order valence-electron chi connectivity index (χ4n) is 3.23. The molecular weight excluding hydrogens is 328 g/mol. The molecule has 6 heteroatoms. The van der Waals surface area contributed by atoms with Crippen molar-refractivity contribution in [2.45, 2.75) is 44.9 Å². The third-order valence-electron chi connectivity index (χ3n) is 4.52. The highest BCUT2D eigenvalue weighted by atomic mass is 35.5. The summed E-state index contributed by atoms with van der Waals surface area (Å²) >= 11 is 0. The molecule has 3 rings (SSSR count). The van der Waals surface area contributed by atoms with Crippen molar-refractivity contribution in [3.63, 3.8) is 0 Å². The van der Waals surface area contributed by atoms with Crippen molar-refractivity contribution < 1.29 is 13.9 Å². The number of likely N-dealkylation sites (N-methyl/N-ethyl adjacent to an activating group) is 1. The molecule has 1 aromatic carbocycles. The highest BCUT2D eigenvalue weighted by molar-refractivity contribution is 5.85. The van der Waals surface area contributed by atoms with Crippen LogP contribution < -0.4 is 5.73 Å². The van der Waals surface area contributed by atoms with Gasteiger partial charge in [-0.15, -0.1) is 12.4 Å². The zero-order chi connectivity index (χ0) is 16.4. The quantitative estimate of drug-likeness (QED) is 0.898. The zero-order valence-electron chi connectivity index (χ0n) is 14.2. The van der Waals surface area contributed by atoms with Gasteiger partial charge < -0.3 is 19.8 Å². The molecule has 1 fully saturated rings. The minimum absolute atomic E-state index is 0. The molecule has 0 spiro atoms. The number of halogens is 1. The Bertz CT molecular complexity index is 701. The fraction of sp³-hybridized carbons (Fsp3) is 0.500. The van der Waals surface area contributed by atoms with E-state index in [9.17, 15) is 4.79 Å². The van der Waals surface area contributed by atoms with Crippen molar-refractivity contribution >= 4 is 29.3 Å². The minimum atomic E-state index is -0.364. The first-order valence-corrected chi connectivity index (χ1v) is 8.23. The number of nitrogens with two attached hydrogens (primary N) is 1. The smallest absolute Gasteiger partial charge is 0.251 e. The Morgan fingerprint density at radius 1 is 1.33 bits per heavy atom. The Morgan fingerprint density at radius 2 is 2.08 bits per heavy atom. The summed E-state index contributed by atoms with van der Waals surface area (Å²) < 4.78 is 11.6. The molecule has 5 nitrogen and oxygen atoms in total. The minimum Gasteiger partial charge on any atom is -0.461 e. The number of fused-ring (bicyclic) bond motifs is 1. The largest absolute Gasteiger partial charge is 0.461 e. The number of rotatable bonds is 5. The first kappa shape index (κ1) is 18.8. The molecule has 1 aromatic heterocycles. The molecule has 24 heavy (non-hydrogen) atoms. The number of amides is 1. The van der Waals surface area contributed by atoms with Crippen molar-refractivity contribution in [1.82, 2.24) is 4.90 Å². The van der Waals surface area contributed by atoms with Crippen LogP contribution >= 0.6 is 12.4 Å². The predicted octanol–water partition coefficient (Wildman–Crippen LogP) is 2.88. The third kappa shape index (κ3) is 3.58. The van der Waals surface area contributed by atoms with Gasteiger partial charge in [-0.05, 0) is 18.9 Å². The second-order valence-corrected chi connectivity index (χ2v) is 6.11. The number of para-hydroxylation sites is 1. The standard InChI is InChI=1S/C18H24N2O3.ClH/c1-3-15-14(13-6-4-5-7-16(13)23-15)11-20(2)18(21)17-9-8-12(10-19)22-17;/h4-7,12,17H,3,8-11,19H2,1-2H3;1H/t12-,17+;/m1./s1. The average Bonchev–Trinajstić information content (AvgIpc) is 3.19. The van der Waals surface area contributed by atoms with Crippen LogP contribution in [-0.2, 0) is 22.5 Å². The van der Waals surface area contributed by atoms with E-state index in [1.54, 1.807) is 4.90 Å². The summed E-state index contributed by atoms with van der Waals surface area (Å²) in [7, 11) is 1.82. The number of ether oxygens (including phenoxy) is 1. The van der Waals surface area contributed by atoms with Crippen LogP contribution in [0.25, 0.3) is 11.0 Å². The molecule has 0 radical (unpaired) electrons. The van der Waals surface area contributed by atoms with E-state index in [1.807, 2.05) is 31.3 Å². The monoisotopic (exact) mass is 352 g/mol. The van der Waals surface area contributed by atoms with Crippen LogP contribution in [-0.4, -0.2) is 36.6 Å². The van der Waals surface area contributed by atoms with Gasteiger partial charge in [-0.3, -0.25) is 4.79 Å². The summed E-state index contributed by atoms with van der Waals surface area (Å²) in [5.74, 6) is 0.964.